The molecule has 1 aliphatic carbocycles. The number of thiazole rings is 1. The van der Waals surface area contributed by atoms with E-state index < -0.39 is 0 Å². The van der Waals surface area contributed by atoms with Crippen LogP contribution in [0.5, 0.6) is 0 Å². The lowest BCUT2D eigenvalue weighted by Crippen LogP contribution is -1.87. The van der Waals surface area contributed by atoms with Gasteiger partial charge in [0.1, 0.15) is 5.01 Å². The van der Waals surface area contributed by atoms with E-state index in [4.69, 9.17) is 10.2 Å². The SMILES string of the molecule is N#CCc1sc(CSc2ccccc2)nc1C1CC1. The summed E-state index contributed by atoms with van der Waals surface area (Å²) in [5.74, 6) is 1.54. The van der Waals surface area contributed by atoms with Crippen molar-refractivity contribution < 1.29 is 0 Å². The second-order valence-corrected chi connectivity index (χ2v) is 6.84. The highest BCUT2D eigenvalue weighted by atomic mass is 32.2. The van der Waals surface area contributed by atoms with Crippen LogP contribution in [-0.2, 0) is 12.2 Å². The summed E-state index contributed by atoms with van der Waals surface area (Å²) in [7, 11) is 0. The Kier molecular flexibility index (Phi) is 3.86. The third kappa shape index (κ3) is 3.17. The number of hydrogen-bond donors (Lipinski definition) is 0. The molecule has 0 saturated heterocycles. The summed E-state index contributed by atoms with van der Waals surface area (Å²) in [5, 5.41) is 10.0. The molecule has 0 atom stereocenters. The summed E-state index contributed by atoms with van der Waals surface area (Å²) in [4.78, 5) is 7.21. The van der Waals surface area contributed by atoms with E-state index in [2.05, 4.69) is 30.3 Å². The minimum absolute atomic E-state index is 0.513. The highest BCUT2D eigenvalue weighted by Gasteiger charge is 2.29. The minimum atomic E-state index is 0.513. The van der Waals surface area contributed by atoms with Crippen molar-refractivity contribution in [2.75, 3.05) is 0 Å². The Hall–Kier alpha value is -1.31. The van der Waals surface area contributed by atoms with Crippen LogP contribution >= 0.6 is 23.1 Å². The largest absolute Gasteiger partial charge is 0.245 e. The summed E-state index contributed by atoms with van der Waals surface area (Å²) in [5.41, 5.74) is 1.20. The second kappa shape index (κ2) is 5.77. The van der Waals surface area contributed by atoms with E-state index in [1.807, 2.05) is 17.8 Å². The number of benzene rings is 1. The topological polar surface area (TPSA) is 36.7 Å². The maximum absolute atomic E-state index is 8.89. The van der Waals surface area contributed by atoms with Gasteiger partial charge in [-0.25, -0.2) is 4.98 Å². The number of thioether (sulfide) groups is 1. The van der Waals surface area contributed by atoms with Gasteiger partial charge in [0.25, 0.3) is 0 Å². The van der Waals surface area contributed by atoms with E-state index in [9.17, 15) is 0 Å². The van der Waals surface area contributed by atoms with Crippen molar-refractivity contribution in [1.82, 2.24) is 4.98 Å². The Morgan fingerprint density at radius 1 is 1.32 bits per heavy atom. The zero-order valence-electron chi connectivity index (χ0n) is 10.5. The molecular weight excluding hydrogens is 272 g/mol. The predicted molar refractivity (Wildman–Crippen MR) is 79.4 cm³/mol. The number of rotatable bonds is 5. The fourth-order valence-corrected chi connectivity index (χ4v) is 4.01. The van der Waals surface area contributed by atoms with Gasteiger partial charge in [-0.05, 0) is 25.0 Å². The van der Waals surface area contributed by atoms with E-state index in [1.54, 1.807) is 11.3 Å². The number of nitriles is 1. The third-order valence-corrected chi connectivity index (χ3v) is 5.36. The van der Waals surface area contributed by atoms with Gasteiger partial charge in [-0.1, -0.05) is 18.2 Å². The first kappa shape index (κ1) is 12.7. The van der Waals surface area contributed by atoms with Gasteiger partial charge in [0.15, 0.2) is 0 Å². The average molecular weight is 286 g/mol. The van der Waals surface area contributed by atoms with Crippen LogP contribution in [0.1, 0.15) is 34.3 Å². The first-order valence-electron chi connectivity index (χ1n) is 6.40. The number of aromatic nitrogens is 1. The summed E-state index contributed by atoms with van der Waals surface area (Å²) >= 11 is 3.53. The van der Waals surface area contributed by atoms with Gasteiger partial charge >= 0.3 is 0 Å². The van der Waals surface area contributed by atoms with Crippen molar-refractivity contribution in [3.8, 4) is 6.07 Å². The minimum Gasteiger partial charge on any atom is -0.245 e. The van der Waals surface area contributed by atoms with E-state index >= 15 is 0 Å². The van der Waals surface area contributed by atoms with Crippen LogP contribution in [0.4, 0.5) is 0 Å². The molecule has 0 spiro atoms. The summed E-state index contributed by atoms with van der Waals surface area (Å²) in [6, 6.07) is 12.6. The van der Waals surface area contributed by atoms with Gasteiger partial charge in [-0.3, -0.25) is 0 Å². The van der Waals surface area contributed by atoms with Gasteiger partial charge in [-0.15, -0.1) is 23.1 Å². The van der Waals surface area contributed by atoms with Crippen LogP contribution in [0.2, 0.25) is 0 Å². The van der Waals surface area contributed by atoms with Gasteiger partial charge < -0.3 is 0 Å². The normalized spacial score (nSPS) is 14.3. The lowest BCUT2D eigenvalue weighted by Gasteiger charge is -1.97. The first-order valence-corrected chi connectivity index (χ1v) is 8.20. The molecule has 0 aliphatic heterocycles. The first-order chi connectivity index (χ1) is 9.36. The summed E-state index contributed by atoms with van der Waals surface area (Å²) < 4.78 is 0. The standard InChI is InChI=1S/C15H14N2S2/c16-9-8-13-15(11-6-7-11)17-14(19-13)10-18-12-4-2-1-3-5-12/h1-5,11H,6-8,10H2. The summed E-state index contributed by atoms with van der Waals surface area (Å²) in [6.07, 6.45) is 3.00. The molecule has 4 heteroatoms. The Balaban J connectivity index is 1.71. The molecule has 1 saturated carbocycles. The Morgan fingerprint density at radius 3 is 2.79 bits per heavy atom. The Morgan fingerprint density at radius 2 is 2.11 bits per heavy atom. The van der Waals surface area contributed by atoms with Crippen LogP contribution in [0, 0.1) is 11.3 Å². The molecule has 2 nitrogen and oxygen atoms in total. The quantitative estimate of drug-likeness (QED) is 0.765. The molecule has 1 aromatic carbocycles. The van der Waals surface area contributed by atoms with Crippen molar-refractivity contribution >= 4 is 23.1 Å². The zero-order chi connectivity index (χ0) is 13.1. The smallest absolute Gasteiger partial charge is 0.103 e. The number of hydrogen-bond acceptors (Lipinski definition) is 4. The fraction of sp³-hybridized carbons (Fsp3) is 0.333. The Bertz CT molecular complexity index is 594. The molecule has 0 unspecified atom stereocenters. The fourth-order valence-electron chi connectivity index (χ4n) is 2.01. The maximum Gasteiger partial charge on any atom is 0.103 e. The monoisotopic (exact) mass is 286 g/mol. The molecule has 0 N–H and O–H groups in total. The highest BCUT2D eigenvalue weighted by molar-refractivity contribution is 7.98. The van der Waals surface area contributed by atoms with Crippen LogP contribution in [-0.4, -0.2) is 4.98 Å². The molecular formula is C15H14N2S2. The van der Waals surface area contributed by atoms with E-state index in [0.717, 1.165) is 10.8 Å². The van der Waals surface area contributed by atoms with Gasteiger partial charge in [0.05, 0.1) is 23.9 Å². The van der Waals surface area contributed by atoms with Crippen molar-refractivity contribution in [3.63, 3.8) is 0 Å². The number of nitrogens with zero attached hydrogens (tertiary/aromatic N) is 2. The maximum atomic E-state index is 8.89. The molecule has 96 valence electrons. The zero-order valence-corrected chi connectivity index (χ0v) is 12.1. The molecule has 19 heavy (non-hydrogen) atoms. The molecule has 0 amide bonds. The summed E-state index contributed by atoms with van der Waals surface area (Å²) in [6.45, 7) is 0. The van der Waals surface area contributed by atoms with Gasteiger partial charge in [-0.2, -0.15) is 5.26 Å². The molecule has 1 fully saturated rings. The molecule has 2 aromatic rings. The third-order valence-electron chi connectivity index (χ3n) is 3.08. The van der Waals surface area contributed by atoms with Crippen molar-refractivity contribution in [1.29, 1.82) is 5.26 Å². The van der Waals surface area contributed by atoms with Crippen LogP contribution in [0.3, 0.4) is 0 Å². The highest BCUT2D eigenvalue weighted by Crippen LogP contribution is 2.43. The van der Waals surface area contributed by atoms with Crippen molar-refractivity contribution in [2.24, 2.45) is 0 Å². The van der Waals surface area contributed by atoms with Crippen LogP contribution < -0.4 is 0 Å². The van der Waals surface area contributed by atoms with Crippen molar-refractivity contribution in [3.05, 3.63) is 45.9 Å². The van der Waals surface area contributed by atoms with Crippen LogP contribution in [0.15, 0.2) is 35.2 Å². The molecule has 0 bridgehead atoms. The lowest BCUT2D eigenvalue weighted by molar-refractivity contribution is 1.00. The molecule has 1 aliphatic rings. The predicted octanol–water partition coefficient (Wildman–Crippen LogP) is 4.38. The molecule has 0 radical (unpaired) electrons. The van der Waals surface area contributed by atoms with E-state index in [0.29, 0.717) is 12.3 Å². The van der Waals surface area contributed by atoms with E-state index in [-0.39, 0.29) is 0 Å². The molecule has 1 heterocycles. The Labute approximate surface area is 121 Å². The van der Waals surface area contributed by atoms with E-state index in [1.165, 1.54) is 28.3 Å². The molecule has 1 aromatic heterocycles. The van der Waals surface area contributed by atoms with Crippen LogP contribution in [0.25, 0.3) is 0 Å². The van der Waals surface area contributed by atoms with Crippen molar-refractivity contribution in [2.45, 2.75) is 35.8 Å². The lowest BCUT2D eigenvalue weighted by atomic mass is 10.2. The van der Waals surface area contributed by atoms with Gasteiger partial charge in [0, 0.05) is 15.7 Å². The van der Waals surface area contributed by atoms with Gasteiger partial charge in [0.2, 0.25) is 0 Å². The second-order valence-electron chi connectivity index (χ2n) is 4.63. The molecule has 3 rings (SSSR count). The average Bonchev–Trinajstić information content (AvgIpc) is 3.21.